The number of rotatable bonds is 3. The lowest BCUT2D eigenvalue weighted by atomic mass is 9.86. The van der Waals surface area contributed by atoms with E-state index in [9.17, 15) is 9.59 Å². The van der Waals surface area contributed by atoms with Gasteiger partial charge in [-0.25, -0.2) is 0 Å². The van der Waals surface area contributed by atoms with Gasteiger partial charge in [-0.2, -0.15) is 0 Å². The Morgan fingerprint density at radius 2 is 2.00 bits per heavy atom. The molecule has 1 aromatic carbocycles. The molecule has 0 unspecified atom stereocenters. The predicted octanol–water partition coefficient (Wildman–Crippen LogP) is 1.90. The van der Waals surface area contributed by atoms with Crippen molar-refractivity contribution >= 4 is 17.9 Å². The highest BCUT2D eigenvalue weighted by Crippen LogP contribution is 2.41. The third-order valence-corrected chi connectivity index (χ3v) is 3.12. The fourth-order valence-electron chi connectivity index (χ4n) is 2.20. The Morgan fingerprint density at radius 1 is 1.31 bits per heavy atom. The zero-order valence-electron chi connectivity index (χ0n) is 9.56. The van der Waals surface area contributed by atoms with Crippen molar-refractivity contribution in [1.29, 1.82) is 0 Å². The molecule has 1 aliphatic rings. The smallest absolute Gasteiger partial charge is 0.237 e. The van der Waals surface area contributed by atoms with Gasteiger partial charge in [0.1, 0.15) is 6.29 Å². The molecule has 0 saturated heterocycles. The van der Waals surface area contributed by atoms with Gasteiger partial charge in [0.2, 0.25) is 5.91 Å². The predicted molar refractivity (Wildman–Crippen MR) is 62.5 cm³/mol. The van der Waals surface area contributed by atoms with Crippen molar-refractivity contribution in [3.05, 3.63) is 29.8 Å². The van der Waals surface area contributed by atoms with Gasteiger partial charge in [-0.15, -0.1) is 0 Å². The minimum Gasteiger partial charge on any atom is -0.311 e. The highest BCUT2D eigenvalue weighted by atomic mass is 16.2. The third-order valence-electron chi connectivity index (χ3n) is 3.12. The van der Waals surface area contributed by atoms with Gasteiger partial charge >= 0.3 is 0 Å². The summed E-state index contributed by atoms with van der Waals surface area (Å²) in [5, 5.41) is 0. The van der Waals surface area contributed by atoms with Crippen LogP contribution in [0.1, 0.15) is 25.8 Å². The zero-order chi connectivity index (χ0) is 11.8. The molecule has 0 aliphatic carbocycles. The first kappa shape index (κ1) is 10.9. The lowest BCUT2D eigenvalue weighted by Gasteiger charge is -2.19. The highest BCUT2D eigenvalue weighted by molar-refractivity contribution is 6.07. The summed E-state index contributed by atoms with van der Waals surface area (Å²) in [5.41, 5.74) is 1.52. The summed E-state index contributed by atoms with van der Waals surface area (Å²) in [6.07, 6.45) is 1.23. The number of hydrogen-bond donors (Lipinski definition) is 0. The standard InChI is InChI=1S/C13H15NO2/c1-13(2)10-6-3-4-7-11(10)14(12(13)16)8-5-9-15/h3-4,6-7,9H,5,8H2,1-2H3. The van der Waals surface area contributed by atoms with Crippen molar-refractivity contribution in [2.24, 2.45) is 0 Å². The zero-order valence-corrected chi connectivity index (χ0v) is 9.56. The molecule has 16 heavy (non-hydrogen) atoms. The maximum absolute atomic E-state index is 12.2. The highest BCUT2D eigenvalue weighted by Gasteiger charge is 2.43. The van der Waals surface area contributed by atoms with E-state index in [2.05, 4.69) is 0 Å². The molecule has 2 rings (SSSR count). The molecule has 84 valence electrons. The molecule has 3 heteroatoms. The van der Waals surface area contributed by atoms with E-state index in [4.69, 9.17) is 0 Å². The summed E-state index contributed by atoms with van der Waals surface area (Å²) in [4.78, 5) is 24.3. The Labute approximate surface area is 95.1 Å². The number of amides is 1. The number of benzene rings is 1. The van der Waals surface area contributed by atoms with Crippen molar-refractivity contribution in [3.8, 4) is 0 Å². The van der Waals surface area contributed by atoms with Crippen LogP contribution in [0.3, 0.4) is 0 Å². The fraction of sp³-hybridized carbons (Fsp3) is 0.385. The second kappa shape index (κ2) is 3.74. The molecule has 0 aromatic heterocycles. The van der Waals surface area contributed by atoms with Gasteiger partial charge in [0, 0.05) is 18.7 Å². The van der Waals surface area contributed by atoms with Gasteiger partial charge in [-0.1, -0.05) is 18.2 Å². The summed E-state index contributed by atoms with van der Waals surface area (Å²) in [6, 6.07) is 7.78. The quantitative estimate of drug-likeness (QED) is 0.725. The molecule has 0 saturated carbocycles. The maximum Gasteiger partial charge on any atom is 0.237 e. The average Bonchev–Trinajstić information content (AvgIpc) is 2.47. The number of hydrogen-bond acceptors (Lipinski definition) is 2. The van der Waals surface area contributed by atoms with Gasteiger partial charge in [-0.3, -0.25) is 4.79 Å². The number of nitrogens with zero attached hydrogens (tertiary/aromatic N) is 1. The van der Waals surface area contributed by atoms with Crippen LogP contribution in [0.4, 0.5) is 5.69 Å². The molecule has 0 atom stereocenters. The average molecular weight is 217 g/mol. The van der Waals surface area contributed by atoms with Crippen molar-refractivity contribution in [3.63, 3.8) is 0 Å². The Kier molecular flexibility index (Phi) is 2.54. The molecule has 0 spiro atoms. The second-order valence-electron chi connectivity index (χ2n) is 4.55. The van der Waals surface area contributed by atoms with E-state index in [1.54, 1.807) is 4.90 Å². The van der Waals surface area contributed by atoms with Crippen molar-refractivity contribution in [2.45, 2.75) is 25.7 Å². The van der Waals surface area contributed by atoms with E-state index in [0.717, 1.165) is 17.5 Å². The van der Waals surface area contributed by atoms with Gasteiger partial charge in [0.15, 0.2) is 0 Å². The van der Waals surface area contributed by atoms with Gasteiger partial charge in [0.25, 0.3) is 0 Å². The van der Waals surface area contributed by atoms with Crippen LogP contribution in [0.2, 0.25) is 0 Å². The van der Waals surface area contributed by atoms with Crippen molar-refractivity contribution in [2.75, 3.05) is 11.4 Å². The van der Waals surface area contributed by atoms with Crippen molar-refractivity contribution in [1.82, 2.24) is 0 Å². The summed E-state index contributed by atoms with van der Waals surface area (Å²) in [6.45, 7) is 4.33. The SMILES string of the molecule is CC1(C)C(=O)N(CCC=O)c2ccccc21. The lowest BCUT2D eigenvalue weighted by Crippen LogP contribution is -2.36. The van der Waals surface area contributed by atoms with E-state index < -0.39 is 5.41 Å². The van der Waals surface area contributed by atoms with Crippen LogP contribution in [0.25, 0.3) is 0 Å². The molecule has 1 aliphatic heterocycles. The molecule has 1 heterocycles. The Morgan fingerprint density at radius 3 is 2.69 bits per heavy atom. The topological polar surface area (TPSA) is 37.4 Å². The van der Waals surface area contributed by atoms with E-state index in [-0.39, 0.29) is 5.91 Å². The van der Waals surface area contributed by atoms with E-state index >= 15 is 0 Å². The Bertz CT molecular complexity index is 437. The molecular formula is C13H15NO2. The molecule has 0 bridgehead atoms. The van der Waals surface area contributed by atoms with Crippen LogP contribution in [0, 0.1) is 0 Å². The number of carbonyl (C=O) groups is 2. The number of anilines is 1. The van der Waals surface area contributed by atoms with Crippen LogP contribution in [0.15, 0.2) is 24.3 Å². The molecule has 1 aromatic rings. The lowest BCUT2D eigenvalue weighted by molar-refractivity contribution is -0.122. The van der Waals surface area contributed by atoms with E-state index in [1.165, 1.54) is 0 Å². The molecular weight excluding hydrogens is 202 g/mol. The first-order valence-corrected chi connectivity index (χ1v) is 5.44. The monoisotopic (exact) mass is 217 g/mol. The first-order valence-electron chi connectivity index (χ1n) is 5.44. The van der Waals surface area contributed by atoms with Gasteiger partial charge < -0.3 is 9.69 Å². The van der Waals surface area contributed by atoms with E-state index in [0.29, 0.717) is 13.0 Å². The maximum atomic E-state index is 12.2. The first-order chi connectivity index (χ1) is 7.59. The fourth-order valence-corrected chi connectivity index (χ4v) is 2.20. The number of carbonyl (C=O) groups excluding carboxylic acids is 2. The van der Waals surface area contributed by atoms with Crippen molar-refractivity contribution < 1.29 is 9.59 Å². The Hall–Kier alpha value is -1.64. The molecule has 3 nitrogen and oxygen atoms in total. The van der Waals surface area contributed by atoms with Gasteiger partial charge in [-0.05, 0) is 25.5 Å². The van der Waals surface area contributed by atoms with E-state index in [1.807, 2.05) is 38.1 Å². The van der Waals surface area contributed by atoms with Crippen LogP contribution in [-0.4, -0.2) is 18.7 Å². The number of aldehydes is 1. The van der Waals surface area contributed by atoms with Crippen LogP contribution in [-0.2, 0) is 15.0 Å². The largest absolute Gasteiger partial charge is 0.311 e. The second-order valence-corrected chi connectivity index (χ2v) is 4.55. The van der Waals surface area contributed by atoms with Crippen LogP contribution < -0.4 is 4.90 Å². The summed E-state index contributed by atoms with van der Waals surface area (Å²) in [7, 11) is 0. The minimum atomic E-state index is -0.473. The van der Waals surface area contributed by atoms with Gasteiger partial charge in [0.05, 0.1) is 5.41 Å². The summed E-state index contributed by atoms with van der Waals surface area (Å²) < 4.78 is 0. The van der Waals surface area contributed by atoms with Crippen LogP contribution in [0.5, 0.6) is 0 Å². The number of fused-ring (bicyclic) bond motifs is 1. The minimum absolute atomic E-state index is 0.0792. The summed E-state index contributed by atoms with van der Waals surface area (Å²) in [5.74, 6) is 0.0792. The Balaban J connectivity index is 2.43. The molecule has 0 N–H and O–H groups in total. The third kappa shape index (κ3) is 1.43. The molecule has 1 amide bonds. The van der Waals surface area contributed by atoms with Crippen LogP contribution >= 0.6 is 0 Å². The number of para-hydroxylation sites is 1. The summed E-state index contributed by atoms with van der Waals surface area (Å²) >= 11 is 0. The normalized spacial score (nSPS) is 17.4. The molecule has 0 fully saturated rings. The molecule has 0 radical (unpaired) electrons.